The summed E-state index contributed by atoms with van der Waals surface area (Å²) in [6.07, 6.45) is 3.31. The zero-order valence-corrected chi connectivity index (χ0v) is 10.1. The molecule has 1 atom stereocenters. The molecule has 0 radical (unpaired) electrons. The Morgan fingerprint density at radius 3 is 2.47 bits per heavy atom. The molecule has 0 aliphatic carbocycles. The third kappa shape index (κ3) is 5.14. The highest BCUT2D eigenvalue weighted by Gasteiger charge is 2.28. The van der Waals surface area contributed by atoms with Crippen molar-refractivity contribution in [2.24, 2.45) is 5.73 Å². The van der Waals surface area contributed by atoms with Crippen LogP contribution in [0.25, 0.3) is 0 Å². The molecule has 0 aliphatic heterocycles. The lowest BCUT2D eigenvalue weighted by Crippen LogP contribution is -2.51. The van der Waals surface area contributed by atoms with Gasteiger partial charge in [0, 0.05) is 20.2 Å². The number of unbranched alkanes of at least 4 members (excludes halogenated alkanes) is 2. The van der Waals surface area contributed by atoms with E-state index in [0.717, 1.165) is 19.3 Å². The van der Waals surface area contributed by atoms with E-state index in [4.69, 9.17) is 10.8 Å². The topological polar surface area (TPSA) is 66.6 Å². The van der Waals surface area contributed by atoms with Crippen LogP contribution in [0.15, 0.2) is 0 Å². The van der Waals surface area contributed by atoms with E-state index < -0.39 is 5.54 Å². The van der Waals surface area contributed by atoms with E-state index in [1.165, 1.54) is 0 Å². The van der Waals surface area contributed by atoms with Gasteiger partial charge in [0.25, 0.3) is 0 Å². The second-order valence-electron chi connectivity index (χ2n) is 4.28. The van der Waals surface area contributed by atoms with Gasteiger partial charge in [-0.15, -0.1) is 0 Å². The number of aliphatic hydroxyl groups is 1. The van der Waals surface area contributed by atoms with Gasteiger partial charge in [-0.05, 0) is 32.6 Å². The minimum absolute atomic E-state index is 0.00556. The molecule has 4 heteroatoms. The average Bonchev–Trinajstić information content (AvgIpc) is 2.23. The minimum Gasteiger partial charge on any atom is -0.396 e. The normalized spacial score (nSPS) is 14.7. The Kier molecular flexibility index (Phi) is 6.52. The predicted octanol–water partition coefficient (Wildman–Crippen LogP) is 0.735. The number of nitrogens with zero attached hydrogens (tertiary/aromatic N) is 1. The molecular formula is C11H24N2O2. The second-order valence-corrected chi connectivity index (χ2v) is 4.28. The van der Waals surface area contributed by atoms with Gasteiger partial charge >= 0.3 is 0 Å². The fourth-order valence-corrected chi connectivity index (χ4v) is 1.33. The lowest BCUT2D eigenvalue weighted by Gasteiger charge is -2.28. The molecule has 0 saturated heterocycles. The van der Waals surface area contributed by atoms with Crippen LogP contribution in [0.4, 0.5) is 0 Å². The Hall–Kier alpha value is -0.610. The van der Waals surface area contributed by atoms with Crippen molar-refractivity contribution < 1.29 is 9.90 Å². The molecule has 0 heterocycles. The molecule has 0 aliphatic rings. The van der Waals surface area contributed by atoms with Gasteiger partial charge in [0.05, 0.1) is 5.54 Å². The summed E-state index contributed by atoms with van der Waals surface area (Å²) in [5, 5.41) is 8.61. The Morgan fingerprint density at radius 2 is 2.00 bits per heavy atom. The number of carbonyl (C=O) groups is 1. The van der Waals surface area contributed by atoms with Crippen LogP contribution >= 0.6 is 0 Å². The third-order valence-electron chi connectivity index (χ3n) is 2.72. The molecule has 0 saturated carbocycles. The van der Waals surface area contributed by atoms with E-state index in [1.54, 1.807) is 18.9 Å². The number of hydrogen-bond acceptors (Lipinski definition) is 3. The van der Waals surface area contributed by atoms with Crippen LogP contribution in [0.3, 0.4) is 0 Å². The van der Waals surface area contributed by atoms with Crippen molar-refractivity contribution in [2.45, 2.75) is 45.1 Å². The van der Waals surface area contributed by atoms with Crippen LogP contribution in [0.2, 0.25) is 0 Å². The number of amides is 1. The number of likely N-dealkylation sites (N-methyl/N-ethyl adjacent to an activating group) is 1. The zero-order valence-electron chi connectivity index (χ0n) is 10.1. The molecule has 3 N–H and O–H groups in total. The Labute approximate surface area is 92.4 Å². The van der Waals surface area contributed by atoms with Crippen molar-refractivity contribution in [3.8, 4) is 0 Å². The van der Waals surface area contributed by atoms with Crippen molar-refractivity contribution in [3.63, 3.8) is 0 Å². The highest BCUT2D eigenvalue weighted by atomic mass is 16.2. The predicted molar refractivity (Wildman–Crippen MR) is 61.5 cm³/mol. The Balaban J connectivity index is 3.89. The van der Waals surface area contributed by atoms with Crippen LogP contribution in [-0.4, -0.2) is 41.7 Å². The van der Waals surface area contributed by atoms with E-state index in [1.807, 2.05) is 6.92 Å². The van der Waals surface area contributed by atoms with Gasteiger partial charge in [-0.25, -0.2) is 0 Å². The van der Waals surface area contributed by atoms with Crippen LogP contribution < -0.4 is 5.73 Å². The third-order valence-corrected chi connectivity index (χ3v) is 2.72. The second kappa shape index (κ2) is 6.80. The van der Waals surface area contributed by atoms with E-state index in [9.17, 15) is 4.79 Å². The molecule has 90 valence electrons. The maximum absolute atomic E-state index is 11.8. The highest BCUT2D eigenvalue weighted by Crippen LogP contribution is 2.09. The van der Waals surface area contributed by atoms with Crippen LogP contribution in [0.1, 0.15) is 39.5 Å². The lowest BCUT2D eigenvalue weighted by atomic mass is 9.98. The summed E-state index contributed by atoms with van der Waals surface area (Å²) in [5.74, 6) is -0.00556. The smallest absolute Gasteiger partial charge is 0.242 e. The zero-order chi connectivity index (χ0) is 11.9. The van der Waals surface area contributed by atoms with Gasteiger partial charge in [0.2, 0.25) is 5.91 Å². The van der Waals surface area contributed by atoms with Crippen molar-refractivity contribution >= 4 is 5.91 Å². The summed E-state index contributed by atoms with van der Waals surface area (Å²) in [5.41, 5.74) is 5.12. The van der Waals surface area contributed by atoms with Crippen molar-refractivity contribution in [1.82, 2.24) is 4.90 Å². The molecular weight excluding hydrogens is 192 g/mol. The first kappa shape index (κ1) is 14.4. The molecule has 0 aromatic heterocycles. The highest BCUT2D eigenvalue weighted by molar-refractivity contribution is 5.85. The maximum Gasteiger partial charge on any atom is 0.242 e. The molecule has 0 spiro atoms. The summed E-state index contributed by atoms with van der Waals surface area (Å²) >= 11 is 0. The Bertz CT molecular complexity index is 193. The number of nitrogens with two attached hydrogens (primary N) is 1. The van der Waals surface area contributed by atoms with Gasteiger partial charge in [-0.2, -0.15) is 0 Å². The fourth-order valence-electron chi connectivity index (χ4n) is 1.33. The molecule has 0 aromatic rings. The number of hydrogen-bond donors (Lipinski definition) is 2. The van der Waals surface area contributed by atoms with Crippen LogP contribution in [0, 0.1) is 0 Å². The van der Waals surface area contributed by atoms with Gasteiger partial charge in [-0.3, -0.25) is 4.79 Å². The van der Waals surface area contributed by atoms with Crippen LogP contribution in [0.5, 0.6) is 0 Å². The van der Waals surface area contributed by atoms with Gasteiger partial charge in [0.15, 0.2) is 0 Å². The largest absolute Gasteiger partial charge is 0.396 e. The summed E-state index contributed by atoms with van der Waals surface area (Å²) < 4.78 is 0. The SMILES string of the molecule is CCC(C)(N)C(=O)N(C)CCCCCO. The molecule has 1 unspecified atom stereocenters. The quantitative estimate of drug-likeness (QED) is 0.617. The summed E-state index contributed by atoms with van der Waals surface area (Å²) in [7, 11) is 1.78. The van der Waals surface area contributed by atoms with Crippen LogP contribution in [-0.2, 0) is 4.79 Å². The summed E-state index contributed by atoms with van der Waals surface area (Å²) in [6, 6.07) is 0. The first-order chi connectivity index (χ1) is 6.95. The monoisotopic (exact) mass is 216 g/mol. The molecule has 1 amide bonds. The van der Waals surface area contributed by atoms with E-state index in [2.05, 4.69) is 0 Å². The van der Waals surface area contributed by atoms with Crippen molar-refractivity contribution in [2.75, 3.05) is 20.2 Å². The molecule has 15 heavy (non-hydrogen) atoms. The Morgan fingerprint density at radius 1 is 1.40 bits per heavy atom. The lowest BCUT2D eigenvalue weighted by molar-refractivity contribution is -0.135. The standard InChI is InChI=1S/C11H24N2O2/c1-4-11(2,12)10(15)13(3)8-6-5-7-9-14/h14H,4-9,12H2,1-3H3. The van der Waals surface area contributed by atoms with Gasteiger partial charge < -0.3 is 15.7 Å². The summed E-state index contributed by atoms with van der Waals surface area (Å²) in [4.78, 5) is 13.5. The molecule has 0 aromatic carbocycles. The average molecular weight is 216 g/mol. The first-order valence-corrected chi connectivity index (χ1v) is 5.61. The first-order valence-electron chi connectivity index (χ1n) is 5.61. The number of rotatable bonds is 7. The molecule has 4 nitrogen and oxygen atoms in total. The number of carbonyl (C=O) groups excluding carboxylic acids is 1. The summed E-state index contributed by atoms with van der Waals surface area (Å²) in [6.45, 7) is 4.61. The minimum atomic E-state index is -0.744. The van der Waals surface area contributed by atoms with Gasteiger partial charge in [0.1, 0.15) is 0 Å². The van der Waals surface area contributed by atoms with Gasteiger partial charge in [-0.1, -0.05) is 6.92 Å². The fraction of sp³-hybridized carbons (Fsp3) is 0.909. The molecule has 0 fully saturated rings. The molecule has 0 rings (SSSR count). The van der Waals surface area contributed by atoms with E-state index in [0.29, 0.717) is 13.0 Å². The van der Waals surface area contributed by atoms with E-state index in [-0.39, 0.29) is 12.5 Å². The molecule has 0 bridgehead atoms. The van der Waals surface area contributed by atoms with Crippen molar-refractivity contribution in [1.29, 1.82) is 0 Å². The number of aliphatic hydroxyl groups excluding tert-OH is 1. The van der Waals surface area contributed by atoms with Crippen molar-refractivity contribution in [3.05, 3.63) is 0 Å². The maximum atomic E-state index is 11.8. The van der Waals surface area contributed by atoms with E-state index >= 15 is 0 Å².